The fourth-order valence-electron chi connectivity index (χ4n) is 3.16. The molecule has 2 aliphatic heterocycles. The molecule has 0 saturated carbocycles. The lowest BCUT2D eigenvalue weighted by Crippen LogP contribution is -2.41. The van der Waals surface area contributed by atoms with Crippen LogP contribution in [0.25, 0.3) is 0 Å². The fourth-order valence-corrected chi connectivity index (χ4v) is 3.16. The van der Waals surface area contributed by atoms with Crippen LogP contribution in [0.15, 0.2) is 42.5 Å². The molecular formula is C20H21N3O4. The standard InChI is InChI=1S/C20H21N3O4/c24-19(21-7-8-23-9-11-26-12-10-23)14-5-6-18-16(13-14)22-20(25)15-3-1-2-4-17(15)27-18/h1-6,13H,7-12H2,(H,21,24)(H,22,25). The summed E-state index contributed by atoms with van der Waals surface area (Å²) in [5.74, 6) is 0.575. The molecule has 2 heterocycles. The van der Waals surface area contributed by atoms with Crippen molar-refractivity contribution in [3.8, 4) is 11.5 Å². The molecule has 2 aliphatic rings. The largest absolute Gasteiger partial charge is 0.454 e. The number of benzene rings is 2. The van der Waals surface area contributed by atoms with Crippen LogP contribution in [-0.4, -0.2) is 56.1 Å². The Balaban J connectivity index is 1.43. The molecule has 140 valence electrons. The number of nitrogens with zero attached hydrogens (tertiary/aromatic N) is 1. The number of para-hydroxylation sites is 1. The molecule has 2 N–H and O–H groups in total. The van der Waals surface area contributed by atoms with E-state index >= 15 is 0 Å². The molecule has 0 aromatic heterocycles. The average molecular weight is 367 g/mol. The van der Waals surface area contributed by atoms with Crippen LogP contribution in [0.2, 0.25) is 0 Å². The Morgan fingerprint density at radius 3 is 2.78 bits per heavy atom. The Morgan fingerprint density at radius 2 is 1.93 bits per heavy atom. The SMILES string of the molecule is O=C(NCCN1CCOCC1)c1ccc2c(c1)NC(=O)c1ccccc1O2. The molecule has 2 aromatic rings. The Bertz CT molecular complexity index is 862. The van der Waals surface area contributed by atoms with Crippen LogP contribution in [0, 0.1) is 0 Å². The van der Waals surface area contributed by atoms with E-state index in [1.807, 2.05) is 6.07 Å². The lowest BCUT2D eigenvalue weighted by molar-refractivity contribution is 0.0383. The van der Waals surface area contributed by atoms with Gasteiger partial charge in [-0.3, -0.25) is 14.5 Å². The second kappa shape index (κ2) is 7.77. The van der Waals surface area contributed by atoms with E-state index in [2.05, 4.69) is 15.5 Å². The number of carbonyl (C=O) groups is 2. The molecule has 1 saturated heterocycles. The highest BCUT2D eigenvalue weighted by atomic mass is 16.5. The van der Waals surface area contributed by atoms with Crippen LogP contribution in [0.1, 0.15) is 20.7 Å². The minimum Gasteiger partial charge on any atom is -0.454 e. The number of morpholine rings is 1. The maximum absolute atomic E-state index is 12.5. The van der Waals surface area contributed by atoms with Crippen molar-refractivity contribution < 1.29 is 19.1 Å². The number of anilines is 1. The quantitative estimate of drug-likeness (QED) is 0.865. The summed E-state index contributed by atoms with van der Waals surface area (Å²) < 4.78 is 11.2. The molecule has 0 aliphatic carbocycles. The lowest BCUT2D eigenvalue weighted by Gasteiger charge is -2.26. The third-order valence-electron chi connectivity index (χ3n) is 4.66. The van der Waals surface area contributed by atoms with Gasteiger partial charge in [-0.25, -0.2) is 0 Å². The van der Waals surface area contributed by atoms with Gasteiger partial charge in [-0.15, -0.1) is 0 Å². The Labute approximate surface area is 157 Å². The van der Waals surface area contributed by atoms with Crippen LogP contribution in [0.4, 0.5) is 5.69 Å². The average Bonchev–Trinajstić information content (AvgIpc) is 2.84. The van der Waals surface area contributed by atoms with Gasteiger partial charge < -0.3 is 20.1 Å². The zero-order valence-corrected chi connectivity index (χ0v) is 14.9. The van der Waals surface area contributed by atoms with E-state index in [4.69, 9.17) is 9.47 Å². The molecule has 7 heteroatoms. The Hall–Kier alpha value is -2.90. The maximum atomic E-state index is 12.5. The minimum atomic E-state index is -0.255. The molecule has 0 bridgehead atoms. The first-order valence-electron chi connectivity index (χ1n) is 9.01. The van der Waals surface area contributed by atoms with Crippen LogP contribution in [-0.2, 0) is 4.74 Å². The van der Waals surface area contributed by atoms with E-state index in [0.29, 0.717) is 34.9 Å². The fraction of sp³-hybridized carbons (Fsp3) is 0.300. The summed E-state index contributed by atoms with van der Waals surface area (Å²) in [5, 5.41) is 5.74. The van der Waals surface area contributed by atoms with Crippen molar-refractivity contribution in [1.82, 2.24) is 10.2 Å². The smallest absolute Gasteiger partial charge is 0.259 e. The summed E-state index contributed by atoms with van der Waals surface area (Å²) in [6, 6.07) is 12.1. The lowest BCUT2D eigenvalue weighted by atomic mass is 10.1. The van der Waals surface area contributed by atoms with Crippen molar-refractivity contribution >= 4 is 17.5 Å². The summed E-state index contributed by atoms with van der Waals surface area (Å²) in [7, 11) is 0. The van der Waals surface area contributed by atoms with Crippen molar-refractivity contribution in [2.24, 2.45) is 0 Å². The van der Waals surface area contributed by atoms with Gasteiger partial charge >= 0.3 is 0 Å². The Kier molecular flexibility index (Phi) is 5.04. The molecule has 0 unspecified atom stereocenters. The van der Waals surface area contributed by atoms with Gasteiger partial charge in [-0.05, 0) is 30.3 Å². The highest BCUT2D eigenvalue weighted by molar-refractivity contribution is 6.08. The monoisotopic (exact) mass is 367 g/mol. The maximum Gasteiger partial charge on any atom is 0.259 e. The molecule has 0 spiro atoms. The third-order valence-corrected chi connectivity index (χ3v) is 4.66. The van der Waals surface area contributed by atoms with E-state index in [9.17, 15) is 9.59 Å². The normalized spacial score (nSPS) is 16.4. The first-order valence-corrected chi connectivity index (χ1v) is 9.01. The highest BCUT2D eigenvalue weighted by Crippen LogP contribution is 2.35. The van der Waals surface area contributed by atoms with Crippen molar-refractivity contribution in [1.29, 1.82) is 0 Å². The number of fused-ring (bicyclic) bond motifs is 2. The van der Waals surface area contributed by atoms with E-state index in [1.54, 1.807) is 36.4 Å². The van der Waals surface area contributed by atoms with Gasteiger partial charge in [0.05, 0.1) is 24.5 Å². The van der Waals surface area contributed by atoms with Gasteiger partial charge in [0.1, 0.15) is 5.75 Å². The first-order chi connectivity index (χ1) is 13.2. The zero-order valence-electron chi connectivity index (χ0n) is 14.9. The number of hydrogen-bond acceptors (Lipinski definition) is 5. The number of carbonyl (C=O) groups excluding carboxylic acids is 2. The summed E-state index contributed by atoms with van der Waals surface area (Å²) >= 11 is 0. The minimum absolute atomic E-state index is 0.179. The number of ether oxygens (including phenoxy) is 2. The topological polar surface area (TPSA) is 79.9 Å². The van der Waals surface area contributed by atoms with E-state index in [1.165, 1.54) is 0 Å². The van der Waals surface area contributed by atoms with Crippen molar-refractivity contribution in [3.05, 3.63) is 53.6 Å². The van der Waals surface area contributed by atoms with Crippen LogP contribution >= 0.6 is 0 Å². The molecule has 2 aromatic carbocycles. The second-order valence-electron chi connectivity index (χ2n) is 6.47. The number of amides is 2. The number of rotatable bonds is 4. The van der Waals surface area contributed by atoms with Crippen molar-refractivity contribution in [2.75, 3.05) is 44.7 Å². The molecule has 27 heavy (non-hydrogen) atoms. The van der Waals surface area contributed by atoms with Crippen molar-refractivity contribution in [2.45, 2.75) is 0 Å². The second-order valence-corrected chi connectivity index (χ2v) is 6.47. The molecule has 1 fully saturated rings. The van der Waals surface area contributed by atoms with Crippen LogP contribution in [0.5, 0.6) is 11.5 Å². The van der Waals surface area contributed by atoms with E-state index < -0.39 is 0 Å². The zero-order chi connectivity index (χ0) is 18.6. The first kappa shape index (κ1) is 17.5. The van der Waals surface area contributed by atoms with Crippen LogP contribution < -0.4 is 15.4 Å². The van der Waals surface area contributed by atoms with E-state index in [0.717, 1.165) is 32.8 Å². The summed E-state index contributed by atoms with van der Waals surface area (Å²) in [6.07, 6.45) is 0. The molecule has 7 nitrogen and oxygen atoms in total. The molecule has 2 amide bonds. The summed E-state index contributed by atoms with van der Waals surface area (Å²) in [4.78, 5) is 27.1. The summed E-state index contributed by atoms with van der Waals surface area (Å²) in [6.45, 7) is 4.60. The van der Waals surface area contributed by atoms with Gasteiger partial charge in [-0.2, -0.15) is 0 Å². The van der Waals surface area contributed by atoms with Gasteiger partial charge in [0.2, 0.25) is 0 Å². The number of hydrogen-bond donors (Lipinski definition) is 2. The van der Waals surface area contributed by atoms with Crippen molar-refractivity contribution in [3.63, 3.8) is 0 Å². The van der Waals surface area contributed by atoms with Gasteiger partial charge in [0, 0.05) is 31.7 Å². The van der Waals surface area contributed by atoms with Gasteiger partial charge in [-0.1, -0.05) is 12.1 Å². The molecule has 0 atom stereocenters. The predicted octanol–water partition coefficient (Wildman–Crippen LogP) is 2.11. The van der Waals surface area contributed by atoms with E-state index in [-0.39, 0.29) is 11.8 Å². The third kappa shape index (κ3) is 3.94. The van der Waals surface area contributed by atoms with Crippen LogP contribution in [0.3, 0.4) is 0 Å². The van der Waals surface area contributed by atoms with Gasteiger partial charge in [0.15, 0.2) is 5.75 Å². The Morgan fingerprint density at radius 1 is 1.11 bits per heavy atom. The highest BCUT2D eigenvalue weighted by Gasteiger charge is 2.21. The molecule has 0 radical (unpaired) electrons. The summed E-state index contributed by atoms with van der Waals surface area (Å²) in [5.41, 5.74) is 1.42. The van der Waals surface area contributed by atoms with Gasteiger partial charge in [0.25, 0.3) is 11.8 Å². The predicted molar refractivity (Wildman–Crippen MR) is 101 cm³/mol. The molecular weight excluding hydrogens is 346 g/mol. The molecule has 4 rings (SSSR count). The number of nitrogens with one attached hydrogen (secondary N) is 2.